The Balaban J connectivity index is 1.78. The van der Waals surface area contributed by atoms with Crippen molar-refractivity contribution in [2.24, 2.45) is 0 Å². The smallest absolute Gasteiger partial charge is 0.406 e. The molecular weight excluding hydrogens is 349 g/mol. The van der Waals surface area contributed by atoms with Crippen molar-refractivity contribution >= 4 is 10.9 Å². The number of nitrogens with zero attached hydrogens (tertiary/aromatic N) is 1. The highest BCUT2D eigenvalue weighted by Crippen LogP contribution is 2.27. The summed E-state index contributed by atoms with van der Waals surface area (Å²) in [5, 5.41) is 0.846. The maximum absolute atomic E-state index is 12.8. The fourth-order valence-corrected chi connectivity index (χ4v) is 3.18. The molecule has 6 nitrogen and oxygen atoms in total. The number of ether oxygens (including phenoxy) is 1. The quantitative estimate of drug-likeness (QED) is 0.668. The first-order valence-electron chi connectivity index (χ1n) is 7.97. The Morgan fingerprint density at radius 1 is 1.08 bits per heavy atom. The summed E-state index contributed by atoms with van der Waals surface area (Å²) in [4.78, 5) is 15.7. The summed E-state index contributed by atoms with van der Waals surface area (Å²) in [6, 6.07) is 7.08. The molecule has 0 aliphatic carbocycles. The van der Waals surface area contributed by atoms with Crippen LogP contribution in [0, 0.1) is 0 Å². The molecule has 3 heterocycles. The van der Waals surface area contributed by atoms with Crippen LogP contribution in [0.2, 0.25) is 0 Å². The number of benzene rings is 1. The molecule has 0 unspecified atom stereocenters. The first kappa shape index (κ1) is 16.7. The Kier molecular flexibility index (Phi) is 3.97. The number of hydrazine groups is 1. The maximum atomic E-state index is 12.8. The van der Waals surface area contributed by atoms with E-state index in [9.17, 15) is 18.0 Å². The van der Waals surface area contributed by atoms with Crippen LogP contribution in [-0.4, -0.2) is 29.0 Å². The van der Waals surface area contributed by atoms with Gasteiger partial charge in [0.1, 0.15) is 11.3 Å². The van der Waals surface area contributed by atoms with E-state index in [0.29, 0.717) is 11.2 Å². The molecule has 1 aliphatic heterocycles. The van der Waals surface area contributed by atoms with Crippen LogP contribution in [0.1, 0.15) is 11.5 Å². The normalized spacial score (nSPS) is 15.7. The minimum Gasteiger partial charge on any atom is -0.406 e. The molecule has 3 N–H and O–H groups in total. The molecule has 1 aliphatic rings. The van der Waals surface area contributed by atoms with Crippen LogP contribution in [0.25, 0.3) is 16.6 Å². The molecule has 3 aromatic rings. The number of hydrogen-bond donors (Lipinski definition) is 3. The van der Waals surface area contributed by atoms with E-state index in [4.69, 9.17) is 0 Å². The minimum absolute atomic E-state index is 0.174. The van der Waals surface area contributed by atoms with Crippen molar-refractivity contribution in [3.63, 3.8) is 0 Å². The molecule has 2 aromatic heterocycles. The van der Waals surface area contributed by atoms with Crippen molar-refractivity contribution in [2.45, 2.75) is 12.3 Å². The first-order valence-corrected chi connectivity index (χ1v) is 7.97. The molecule has 0 saturated carbocycles. The van der Waals surface area contributed by atoms with Crippen LogP contribution < -0.4 is 21.1 Å². The van der Waals surface area contributed by atoms with Gasteiger partial charge in [-0.15, -0.1) is 13.2 Å². The fourth-order valence-electron chi connectivity index (χ4n) is 3.18. The zero-order chi connectivity index (χ0) is 18.3. The summed E-state index contributed by atoms with van der Waals surface area (Å²) in [5.41, 5.74) is 7.76. The van der Waals surface area contributed by atoms with E-state index >= 15 is 0 Å². The van der Waals surface area contributed by atoms with Gasteiger partial charge >= 0.3 is 6.36 Å². The lowest BCUT2D eigenvalue weighted by Gasteiger charge is -2.15. The van der Waals surface area contributed by atoms with Gasteiger partial charge in [0.05, 0.1) is 0 Å². The van der Waals surface area contributed by atoms with Crippen LogP contribution in [0.15, 0.2) is 47.5 Å². The summed E-state index contributed by atoms with van der Waals surface area (Å²) in [5.74, 6) is -0.160. The largest absolute Gasteiger partial charge is 0.573 e. The number of hydrogen-bond acceptors (Lipinski definition) is 4. The minimum atomic E-state index is -4.75. The summed E-state index contributed by atoms with van der Waals surface area (Å²) in [6.07, 6.45) is -1.30. The van der Waals surface area contributed by atoms with Crippen LogP contribution in [0.5, 0.6) is 5.75 Å². The highest BCUT2D eigenvalue weighted by Gasteiger charge is 2.31. The Labute approximate surface area is 145 Å². The van der Waals surface area contributed by atoms with E-state index in [-0.39, 0.29) is 17.2 Å². The van der Waals surface area contributed by atoms with E-state index < -0.39 is 6.36 Å². The van der Waals surface area contributed by atoms with Gasteiger partial charge in [0, 0.05) is 42.5 Å². The van der Waals surface area contributed by atoms with Gasteiger partial charge < -0.3 is 9.72 Å². The van der Waals surface area contributed by atoms with E-state index in [2.05, 4.69) is 20.6 Å². The second kappa shape index (κ2) is 6.19. The summed E-state index contributed by atoms with van der Waals surface area (Å²) < 4.78 is 42.2. The number of H-pyrrole nitrogens is 1. The molecule has 1 fully saturated rings. The second-order valence-corrected chi connectivity index (χ2v) is 6.03. The van der Waals surface area contributed by atoms with Crippen LogP contribution in [0.4, 0.5) is 13.2 Å². The van der Waals surface area contributed by atoms with E-state index in [1.165, 1.54) is 28.8 Å². The van der Waals surface area contributed by atoms with Crippen molar-refractivity contribution in [2.75, 3.05) is 13.1 Å². The molecule has 0 bridgehead atoms. The Morgan fingerprint density at radius 2 is 1.77 bits per heavy atom. The number of nitrogens with one attached hydrogen (secondary N) is 3. The van der Waals surface area contributed by atoms with Gasteiger partial charge in [-0.25, -0.2) is 0 Å². The average molecular weight is 364 g/mol. The van der Waals surface area contributed by atoms with Gasteiger partial charge in [0.2, 0.25) is 0 Å². The monoisotopic (exact) mass is 364 g/mol. The summed E-state index contributed by atoms with van der Waals surface area (Å²) >= 11 is 0. The molecule has 1 saturated heterocycles. The molecule has 1 aromatic carbocycles. The third-order valence-electron chi connectivity index (χ3n) is 4.37. The first-order chi connectivity index (χ1) is 12.4. The average Bonchev–Trinajstić information content (AvgIpc) is 3.27. The van der Waals surface area contributed by atoms with Crippen molar-refractivity contribution in [1.82, 2.24) is 20.4 Å². The molecule has 0 amide bonds. The second-order valence-electron chi connectivity index (χ2n) is 6.03. The highest BCUT2D eigenvalue weighted by atomic mass is 19.4. The summed E-state index contributed by atoms with van der Waals surface area (Å²) in [6.45, 7) is 1.44. The molecule has 26 heavy (non-hydrogen) atoms. The number of rotatable bonds is 3. The van der Waals surface area contributed by atoms with Crippen LogP contribution in [-0.2, 0) is 0 Å². The maximum Gasteiger partial charge on any atom is 0.573 e. The lowest BCUT2D eigenvalue weighted by atomic mass is 9.98. The third-order valence-corrected chi connectivity index (χ3v) is 4.37. The van der Waals surface area contributed by atoms with Crippen LogP contribution in [0.3, 0.4) is 0 Å². The number of fused-ring (bicyclic) bond motifs is 1. The topological polar surface area (TPSA) is 71.1 Å². The molecular formula is C17H15F3N4O2. The number of aromatic nitrogens is 2. The molecule has 0 atom stereocenters. The molecule has 9 heteroatoms. The Hall–Kier alpha value is -2.78. The molecule has 136 valence electrons. The number of aromatic amines is 1. The van der Waals surface area contributed by atoms with Gasteiger partial charge in [-0.2, -0.15) is 0 Å². The standard InChI is InChI=1S/C17H15F3N4O2/c18-17(19,20)26-12-3-1-11(2-4-12)24-9-14(10-7-22-23-8-10)13-5-6-21-15(13)16(24)25/h1-6,9-10,21-23H,7-8H2. The lowest BCUT2D eigenvalue weighted by molar-refractivity contribution is -0.274. The SMILES string of the molecule is O=c1c2[nH]ccc2c(C2CNNC2)cn1-c1ccc(OC(F)(F)F)cc1. The van der Waals surface area contributed by atoms with Gasteiger partial charge in [0.25, 0.3) is 5.56 Å². The Bertz CT molecular complexity index is 986. The molecule has 0 radical (unpaired) electrons. The zero-order valence-electron chi connectivity index (χ0n) is 13.4. The van der Waals surface area contributed by atoms with Crippen LogP contribution >= 0.6 is 0 Å². The number of pyridine rings is 1. The predicted molar refractivity (Wildman–Crippen MR) is 89.3 cm³/mol. The molecule has 4 rings (SSSR count). The fraction of sp³-hybridized carbons (Fsp3) is 0.235. The predicted octanol–water partition coefficient (Wildman–Crippen LogP) is 2.41. The third kappa shape index (κ3) is 3.06. The van der Waals surface area contributed by atoms with Gasteiger partial charge in [-0.05, 0) is 35.9 Å². The van der Waals surface area contributed by atoms with Crippen molar-refractivity contribution < 1.29 is 17.9 Å². The van der Waals surface area contributed by atoms with Gasteiger partial charge in [-0.1, -0.05) is 0 Å². The number of alkyl halides is 3. The van der Waals surface area contributed by atoms with Gasteiger partial charge in [-0.3, -0.25) is 20.2 Å². The number of halogens is 3. The van der Waals surface area contributed by atoms with E-state index in [1.54, 1.807) is 12.4 Å². The molecule has 0 spiro atoms. The summed E-state index contributed by atoms with van der Waals surface area (Å²) in [7, 11) is 0. The van der Waals surface area contributed by atoms with Gasteiger partial charge in [0.15, 0.2) is 0 Å². The Morgan fingerprint density at radius 3 is 2.42 bits per heavy atom. The van der Waals surface area contributed by atoms with Crippen molar-refractivity contribution in [3.8, 4) is 11.4 Å². The van der Waals surface area contributed by atoms with E-state index in [0.717, 1.165) is 24.0 Å². The van der Waals surface area contributed by atoms with E-state index in [1.807, 2.05) is 6.07 Å². The zero-order valence-corrected chi connectivity index (χ0v) is 13.4. The highest BCUT2D eigenvalue weighted by molar-refractivity contribution is 5.83. The van der Waals surface area contributed by atoms with Crippen molar-refractivity contribution in [3.05, 3.63) is 58.6 Å². The van der Waals surface area contributed by atoms with Crippen molar-refractivity contribution in [1.29, 1.82) is 0 Å². The lowest BCUT2D eigenvalue weighted by Crippen LogP contribution is -2.21.